The smallest absolute Gasteiger partial charge is 0.150 e. The van der Waals surface area contributed by atoms with Gasteiger partial charge in [-0.2, -0.15) is 0 Å². The van der Waals surface area contributed by atoms with Crippen LogP contribution in [0.3, 0.4) is 0 Å². The Balaban J connectivity index is 2.24. The zero-order valence-electron chi connectivity index (χ0n) is 8.49. The Bertz CT molecular complexity index is 414. The zero-order valence-corrected chi connectivity index (χ0v) is 8.49. The molecular weight excluding hydrogens is 187 g/mol. The van der Waals surface area contributed by atoms with Crippen LogP contribution < -0.4 is 0 Å². The standard InChI is InChI=1S/C14H13F/c1-2-14(15)10-8-13(9-11-14)12-6-4-3-5-7-12/h2-10H,1,11H2. The van der Waals surface area contributed by atoms with Crippen molar-refractivity contribution in [2.75, 3.05) is 0 Å². The molecule has 0 aromatic heterocycles. The van der Waals surface area contributed by atoms with Crippen LogP contribution in [0.5, 0.6) is 0 Å². The molecule has 1 unspecified atom stereocenters. The van der Waals surface area contributed by atoms with Crippen molar-refractivity contribution >= 4 is 5.57 Å². The van der Waals surface area contributed by atoms with E-state index in [2.05, 4.69) is 6.58 Å². The number of hydrogen-bond acceptors (Lipinski definition) is 0. The van der Waals surface area contributed by atoms with Crippen molar-refractivity contribution in [3.63, 3.8) is 0 Å². The van der Waals surface area contributed by atoms with E-state index in [9.17, 15) is 4.39 Å². The van der Waals surface area contributed by atoms with Crippen molar-refractivity contribution < 1.29 is 4.39 Å². The van der Waals surface area contributed by atoms with Gasteiger partial charge in [-0.3, -0.25) is 0 Å². The Labute approximate surface area is 89.4 Å². The Hall–Kier alpha value is -1.63. The lowest BCUT2D eigenvalue weighted by atomic mass is 9.91. The second-order valence-electron chi connectivity index (χ2n) is 3.69. The van der Waals surface area contributed by atoms with Gasteiger partial charge in [0.15, 0.2) is 5.67 Å². The molecule has 0 saturated carbocycles. The summed E-state index contributed by atoms with van der Waals surface area (Å²) < 4.78 is 13.7. The normalized spacial score (nSPS) is 24.7. The molecule has 1 aromatic rings. The maximum absolute atomic E-state index is 13.7. The summed E-state index contributed by atoms with van der Waals surface area (Å²) in [6.45, 7) is 3.50. The van der Waals surface area contributed by atoms with E-state index in [0.29, 0.717) is 6.42 Å². The van der Waals surface area contributed by atoms with Crippen molar-refractivity contribution in [2.45, 2.75) is 12.1 Å². The van der Waals surface area contributed by atoms with Crippen LogP contribution in [0, 0.1) is 0 Å². The summed E-state index contributed by atoms with van der Waals surface area (Å²) in [4.78, 5) is 0. The van der Waals surface area contributed by atoms with Crippen molar-refractivity contribution in [1.82, 2.24) is 0 Å². The summed E-state index contributed by atoms with van der Waals surface area (Å²) in [5.74, 6) is 0. The summed E-state index contributed by atoms with van der Waals surface area (Å²) in [6.07, 6.45) is 7.03. The summed E-state index contributed by atoms with van der Waals surface area (Å²) in [7, 11) is 0. The van der Waals surface area contributed by atoms with Crippen LogP contribution in [0.4, 0.5) is 4.39 Å². The molecule has 1 aromatic carbocycles. The lowest BCUT2D eigenvalue weighted by Crippen LogP contribution is -2.16. The average molecular weight is 200 g/mol. The maximum Gasteiger partial charge on any atom is 0.150 e. The fourth-order valence-corrected chi connectivity index (χ4v) is 1.63. The summed E-state index contributed by atoms with van der Waals surface area (Å²) in [6, 6.07) is 9.98. The van der Waals surface area contributed by atoms with Gasteiger partial charge in [-0.05, 0) is 17.2 Å². The molecule has 76 valence electrons. The van der Waals surface area contributed by atoms with E-state index in [1.54, 1.807) is 6.08 Å². The van der Waals surface area contributed by atoms with Crippen molar-refractivity contribution in [3.05, 3.63) is 66.8 Å². The van der Waals surface area contributed by atoms with Gasteiger partial charge in [0.05, 0.1) is 0 Å². The van der Waals surface area contributed by atoms with Gasteiger partial charge >= 0.3 is 0 Å². The van der Waals surface area contributed by atoms with E-state index >= 15 is 0 Å². The third-order valence-corrected chi connectivity index (χ3v) is 2.62. The van der Waals surface area contributed by atoms with Gasteiger partial charge in [0.2, 0.25) is 0 Å². The second-order valence-corrected chi connectivity index (χ2v) is 3.69. The van der Waals surface area contributed by atoms with Crippen molar-refractivity contribution in [1.29, 1.82) is 0 Å². The second kappa shape index (κ2) is 3.85. The summed E-state index contributed by atoms with van der Waals surface area (Å²) in [5.41, 5.74) is 0.837. The first-order valence-electron chi connectivity index (χ1n) is 5.01. The molecule has 1 heteroatoms. The monoisotopic (exact) mass is 200 g/mol. The first-order valence-corrected chi connectivity index (χ1v) is 5.01. The molecule has 1 aliphatic rings. The van der Waals surface area contributed by atoms with E-state index in [4.69, 9.17) is 0 Å². The lowest BCUT2D eigenvalue weighted by Gasteiger charge is -2.19. The summed E-state index contributed by atoms with van der Waals surface area (Å²) >= 11 is 0. The fourth-order valence-electron chi connectivity index (χ4n) is 1.63. The first kappa shape index (κ1) is 9.91. The van der Waals surface area contributed by atoms with Crippen LogP contribution >= 0.6 is 0 Å². The molecule has 1 atom stereocenters. The van der Waals surface area contributed by atoms with E-state index in [1.165, 1.54) is 6.08 Å². The highest BCUT2D eigenvalue weighted by molar-refractivity contribution is 5.75. The van der Waals surface area contributed by atoms with Crippen LogP contribution in [0.25, 0.3) is 5.57 Å². The number of benzene rings is 1. The van der Waals surface area contributed by atoms with Crippen LogP contribution in [-0.4, -0.2) is 5.67 Å². The van der Waals surface area contributed by atoms with Crippen LogP contribution in [-0.2, 0) is 0 Å². The predicted molar refractivity (Wildman–Crippen MR) is 62.2 cm³/mol. The minimum atomic E-state index is -1.36. The minimum absolute atomic E-state index is 0.372. The molecule has 0 heterocycles. The molecule has 1 aliphatic carbocycles. The largest absolute Gasteiger partial charge is 0.234 e. The molecule has 0 amide bonds. The maximum atomic E-state index is 13.7. The molecular formula is C14H13F. The molecule has 0 fully saturated rings. The molecule has 0 aliphatic heterocycles. The molecule has 15 heavy (non-hydrogen) atoms. The third-order valence-electron chi connectivity index (χ3n) is 2.62. The number of allylic oxidation sites excluding steroid dienone is 5. The lowest BCUT2D eigenvalue weighted by molar-refractivity contribution is 0.301. The molecule has 0 nitrogen and oxygen atoms in total. The molecule has 0 N–H and O–H groups in total. The van der Waals surface area contributed by atoms with E-state index in [1.807, 2.05) is 42.5 Å². The first-order chi connectivity index (χ1) is 7.23. The van der Waals surface area contributed by atoms with E-state index < -0.39 is 5.67 Å². The molecule has 0 radical (unpaired) electrons. The topological polar surface area (TPSA) is 0 Å². The number of hydrogen-bond donors (Lipinski definition) is 0. The molecule has 0 saturated heterocycles. The third kappa shape index (κ3) is 2.07. The number of halogens is 1. The Morgan fingerprint density at radius 1 is 1.27 bits per heavy atom. The van der Waals surface area contributed by atoms with Crippen LogP contribution in [0.15, 0.2) is 61.2 Å². The SMILES string of the molecule is C=CC1(F)C=CC(c2ccccc2)=CC1. The molecule has 2 rings (SSSR count). The fraction of sp³-hybridized carbons (Fsp3) is 0.143. The van der Waals surface area contributed by atoms with Crippen LogP contribution in [0.1, 0.15) is 12.0 Å². The molecule has 0 spiro atoms. The van der Waals surface area contributed by atoms with E-state index in [0.717, 1.165) is 11.1 Å². The predicted octanol–water partition coefficient (Wildman–Crippen LogP) is 3.92. The number of alkyl halides is 1. The van der Waals surface area contributed by atoms with Gasteiger partial charge in [-0.15, -0.1) is 0 Å². The van der Waals surface area contributed by atoms with E-state index in [-0.39, 0.29) is 0 Å². The van der Waals surface area contributed by atoms with Crippen LogP contribution in [0.2, 0.25) is 0 Å². The van der Waals surface area contributed by atoms with Gasteiger partial charge in [-0.1, -0.05) is 55.1 Å². The van der Waals surface area contributed by atoms with Crippen molar-refractivity contribution in [3.8, 4) is 0 Å². The highest BCUT2D eigenvalue weighted by Gasteiger charge is 2.23. The van der Waals surface area contributed by atoms with Crippen molar-refractivity contribution in [2.24, 2.45) is 0 Å². The summed E-state index contributed by atoms with van der Waals surface area (Å²) in [5, 5.41) is 0. The van der Waals surface area contributed by atoms with Gasteiger partial charge in [0.1, 0.15) is 0 Å². The average Bonchev–Trinajstić information content (AvgIpc) is 2.31. The minimum Gasteiger partial charge on any atom is -0.234 e. The highest BCUT2D eigenvalue weighted by atomic mass is 19.1. The highest BCUT2D eigenvalue weighted by Crippen LogP contribution is 2.29. The quantitative estimate of drug-likeness (QED) is 0.635. The van der Waals surface area contributed by atoms with Gasteiger partial charge in [0, 0.05) is 6.42 Å². The Morgan fingerprint density at radius 2 is 2.00 bits per heavy atom. The Kier molecular flexibility index (Phi) is 2.55. The van der Waals surface area contributed by atoms with Gasteiger partial charge in [0.25, 0.3) is 0 Å². The molecule has 0 bridgehead atoms. The Morgan fingerprint density at radius 3 is 2.53 bits per heavy atom. The zero-order chi connectivity index (χ0) is 10.7. The van der Waals surface area contributed by atoms with Gasteiger partial charge in [-0.25, -0.2) is 4.39 Å². The number of rotatable bonds is 2. The van der Waals surface area contributed by atoms with Gasteiger partial charge < -0.3 is 0 Å².